The second-order valence-electron chi connectivity index (χ2n) is 4.75. The van der Waals surface area contributed by atoms with Crippen molar-refractivity contribution in [1.82, 2.24) is 0 Å². The van der Waals surface area contributed by atoms with Gasteiger partial charge in [0.15, 0.2) is 29.4 Å². The van der Waals surface area contributed by atoms with Crippen molar-refractivity contribution < 1.29 is 31.9 Å². The number of esters is 1. The van der Waals surface area contributed by atoms with Crippen molar-refractivity contribution in [2.75, 3.05) is 5.01 Å². The van der Waals surface area contributed by atoms with Gasteiger partial charge in [-0.3, -0.25) is 4.79 Å². The summed E-state index contributed by atoms with van der Waals surface area (Å²) in [6.45, 7) is 1.27. The standard InChI is InChI=1S/C14H9F4N3O3/c1-6(5-19)24-14(23)9-2-3-10(22)21(20-9)13-11(17)7(15)4-8(16)12(13)18/h4,6H,2-3H2,1H3/t6-/m0/s1. The Morgan fingerprint density at radius 2 is 1.88 bits per heavy atom. The van der Waals surface area contributed by atoms with Crippen molar-refractivity contribution in [3.05, 3.63) is 29.3 Å². The molecule has 0 bridgehead atoms. The van der Waals surface area contributed by atoms with Gasteiger partial charge in [-0.15, -0.1) is 0 Å². The van der Waals surface area contributed by atoms with E-state index >= 15 is 0 Å². The second kappa shape index (κ2) is 6.66. The van der Waals surface area contributed by atoms with Crippen molar-refractivity contribution in [2.24, 2.45) is 5.10 Å². The van der Waals surface area contributed by atoms with Crippen molar-refractivity contribution in [1.29, 1.82) is 5.26 Å². The summed E-state index contributed by atoms with van der Waals surface area (Å²) in [6.07, 6.45) is -1.73. The number of amides is 1. The first kappa shape index (κ1) is 17.4. The number of ether oxygens (including phenoxy) is 1. The van der Waals surface area contributed by atoms with E-state index in [0.29, 0.717) is 0 Å². The van der Waals surface area contributed by atoms with E-state index in [1.165, 1.54) is 6.92 Å². The molecule has 1 amide bonds. The summed E-state index contributed by atoms with van der Waals surface area (Å²) in [4.78, 5) is 23.6. The highest BCUT2D eigenvalue weighted by Crippen LogP contribution is 2.30. The molecule has 0 fully saturated rings. The van der Waals surface area contributed by atoms with E-state index in [0.717, 1.165) is 0 Å². The highest BCUT2D eigenvalue weighted by molar-refractivity contribution is 6.38. The summed E-state index contributed by atoms with van der Waals surface area (Å²) < 4.78 is 58.8. The largest absolute Gasteiger partial charge is 0.443 e. The van der Waals surface area contributed by atoms with Crippen LogP contribution in [-0.4, -0.2) is 23.7 Å². The maximum atomic E-state index is 13.8. The lowest BCUT2D eigenvalue weighted by Gasteiger charge is -2.23. The Bertz CT molecular complexity index is 762. The van der Waals surface area contributed by atoms with Crippen LogP contribution in [0.3, 0.4) is 0 Å². The normalized spacial score (nSPS) is 15.6. The van der Waals surface area contributed by atoms with Crippen LogP contribution < -0.4 is 5.01 Å². The number of nitrogens with zero attached hydrogens (tertiary/aromatic N) is 3. The topological polar surface area (TPSA) is 82.8 Å². The Morgan fingerprint density at radius 3 is 2.42 bits per heavy atom. The molecule has 0 spiro atoms. The summed E-state index contributed by atoms with van der Waals surface area (Å²) in [7, 11) is 0. The third-order valence-corrected chi connectivity index (χ3v) is 3.03. The van der Waals surface area contributed by atoms with E-state index in [2.05, 4.69) is 9.84 Å². The van der Waals surface area contributed by atoms with Crippen LogP contribution in [0.4, 0.5) is 23.2 Å². The van der Waals surface area contributed by atoms with E-state index in [4.69, 9.17) is 5.26 Å². The average Bonchev–Trinajstić information content (AvgIpc) is 2.54. The molecule has 0 saturated carbocycles. The van der Waals surface area contributed by atoms with Crippen LogP contribution in [0.2, 0.25) is 0 Å². The minimum Gasteiger partial charge on any atom is -0.443 e. The first-order valence-electron chi connectivity index (χ1n) is 6.60. The number of carbonyl (C=O) groups excluding carboxylic acids is 2. The Balaban J connectivity index is 2.46. The zero-order chi connectivity index (χ0) is 18.0. The summed E-state index contributed by atoms with van der Waals surface area (Å²) in [5.74, 6) is -9.15. The lowest BCUT2D eigenvalue weighted by atomic mass is 10.1. The number of hydrogen-bond donors (Lipinski definition) is 0. The van der Waals surface area contributed by atoms with E-state index in [1.54, 1.807) is 6.07 Å². The molecule has 0 aromatic heterocycles. The third kappa shape index (κ3) is 3.19. The molecule has 1 aromatic carbocycles. The third-order valence-electron chi connectivity index (χ3n) is 3.03. The first-order valence-corrected chi connectivity index (χ1v) is 6.60. The van der Waals surface area contributed by atoms with Gasteiger partial charge in [0.25, 0.3) is 0 Å². The van der Waals surface area contributed by atoms with Crippen LogP contribution in [0, 0.1) is 34.6 Å². The number of benzene rings is 1. The van der Waals surface area contributed by atoms with Crippen LogP contribution >= 0.6 is 0 Å². The quantitative estimate of drug-likeness (QED) is 0.478. The van der Waals surface area contributed by atoms with Crippen LogP contribution in [-0.2, 0) is 14.3 Å². The molecular weight excluding hydrogens is 334 g/mol. The minimum absolute atomic E-state index is 0.0178. The fourth-order valence-corrected chi connectivity index (χ4v) is 1.88. The Morgan fingerprint density at radius 1 is 1.29 bits per heavy atom. The van der Waals surface area contributed by atoms with Gasteiger partial charge in [-0.05, 0) is 6.92 Å². The summed E-state index contributed by atoms with van der Waals surface area (Å²) in [5, 5.41) is 12.1. The average molecular weight is 343 g/mol. The van der Waals surface area contributed by atoms with E-state index in [1.807, 2.05) is 0 Å². The minimum atomic E-state index is -1.83. The van der Waals surface area contributed by atoms with Crippen molar-refractivity contribution in [2.45, 2.75) is 25.9 Å². The molecule has 10 heteroatoms. The molecule has 0 aliphatic carbocycles. The lowest BCUT2D eigenvalue weighted by molar-refractivity contribution is -0.137. The molecule has 0 N–H and O–H groups in total. The summed E-state index contributed by atoms with van der Waals surface area (Å²) >= 11 is 0. The van der Waals surface area contributed by atoms with Crippen LogP contribution in [0.5, 0.6) is 0 Å². The molecule has 0 radical (unpaired) electrons. The molecule has 1 aliphatic rings. The highest BCUT2D eigenvalue weighted by Gasteiger charge is 2.33. The highest BCUT2D eigenvalue weighted by atomic mass is 19.2. The summed E-state index contributed by atoms with van der Waals surface area (Å²) in [6, 6.07) is 1.60. The van der Waals surface area contributed by atoms with Gasteiger partial charge >= 0.3 is 5.97 Å². The SMILES string of the molecule is C[C@@H](C#N)OC(=O)C1=NN(c2c(F)c(F)cc(F)c2F)C(=O)CC1. The number of anilines is 1. The molecule has 0 unspecified atom stereocenters. The molecule has 0 saturated heterocycles. The van der Waals surface area contributed by atoms with Crippen molar-refractivity contribution in [3.8, 4) is 6.07 Å². The van der Waals surface area contributed by atoms with Crippen LogP contribution in [0.15, 0.2) is 11.2 Å². The number of halogens is 4. The maximum Gasteiger partial charge on any atom is 0.355 e. The summed E-state index contributed by atoms with van der Waals surface area (Å²) in [5.41, 5.74) is -1.78. The number of rotatable bonds is 3. The smallest absolute Gasteiger partial charge is 0.355 e. The maximum absolute atomic E-state index is 13.8. The molecule has 126 valence electrons. The van der Waals surface area contributed by atoms with Gasteiger partial charge in [-0.2, -0.15) is 15.4 Å². The number of carbonyl (C=O) groups is 2. The van der Waals surface area contributed by atoms with Gasteiger partial charge in [0.2, 0.25) is 5.91 Å². The van der Waals surface area contributed by atoms with Crippen molar-refractivity contribution in [3.63, 3.8) is 0 Å². The molecule has 6 nitrogen and oxygen atoms in total. The molecule has 1 aliphatic heterocycles. The lowest BCUT2D eigenvalue weighted by Crippen LogP contribution is -2.36. The molecule has 1 heterocycles. The second-order valence-corrected chi connectivity index (χ2v) is 4.75. The monoisotopic (exact) mass is 343 g/mol. The van der Waals surface area contributed by atoms with E-state index < -0.39 is 59.1 Å². The van der Waals surface area contributed by atoms with Crippen LogP contribution in [0.25, 0.3) is 0 Å². The molecule has 1 atom stereocenters. The molecular formula is C14H9F4N3O3. The Labute approximate surface area is 132 Å². The predicted molar refractivity (Wildman–Crippen MR) is 71.6 cm³/mol. The van der Waals surface area contributed by atoms with Gasteiger partial charge in [-0.25, -0.2) is 22.4 Å². The van der Waals surface area contributed by atoms with Gasteiger partial charge in [-0.1, -0.05) is 0 Å². The van der Waals surface area contributed by atoms with Gasteiger partial charge in [0, 0.05) is 18.9 Å². The zero-order valence-electron chi connectivity index (χ0n) is 12.1. The van der Waals surface area contributed by atoms with Gasteiger partial charge in [0.1, 0.15) is 17.5 Å². The van der Waals surface area contributed by atoms with Gasteiger partial charge in [0.05, 0.1) is 0 Å². The number of hydrogen-bond acceptors (Lipinski definition) is 5. The van der Waals surface area contributed by atoms with Gasteiger partial charge < -0.3 is 4.74 Å². The predicted octanol–water partition coefficient (Wildman–Crippen LogP) is 2.18. The molecule has 24 heavy (non-hydrogen) atoms. The Hall–Kier alpha value is -2.96. The van der Waals surface area contributed by atoms with Crippen LogP contribution in [0.1, 0.15) is 19.8 Å². The fraction of sp³-hybridized carbons (Fsp3) is 0.286. The molecule has 1 aromatic rings. The number of nitriles is 1. The van der Waals surface area contributed by atoms with Crippen molar-refractivity contribution >= 4 is 23.3 Å². The van der Waals surface area contributed by atoms with E-state index in [-0.39, 0.29) is 17.5 Å². The molecule has 2 rings (SSSR count). The Kier molecular flexibility index (Phi) is 4.82. The zero-order valence-corrected chi connectivity index (χ0v) is 12.1. The van der Waals surface area contributed by atoms with E-state index in [9.17, 15) is 27.2 Å². The fourth-order valence-electron chi connectivity index (χ4n) is 1.88. The first-order chi connectivity index (χ1) is 11.3. The number of hydrazone groups is 1.